The van der Waals surface area contributed by atoms with Crippen LogP contribution in [0.3, 0.4) is 0 Å². The first-order valence-electron chi connectivity index (χ1n) is 8.10. The number of carbonyl (C=O) groups excluding carboxylic acids is 2. The average Bonchev–Trinajstić information content (AvgIpc) is 2.64. The van der Waals surface area contributed by atoms with Crippen LogP contribution >= 0.6 is 23.9 Å². The summed E-state index contributed by atoms with van der Waals surface area (Å²) in [6, 6.07) is 9.13. The molecule has 0 N–H and O–H groups in total. The van der Waals surface area contributed by atoms with Crippen molar-refractivity contribution in [2.75, 3.05) is 25.7 Å². The van der Waals surface area contributed by atoms with E-state index in [9.17, 15) is 9.59 Å². The number of thioether (sulfide) groups is 1. The molecule has 0 bridgehead atoms. The molecule has 0 aliphatic heterocycles. The number of rotatable bonds is 10. The largest absolute Gasteiger partial charge is 0.465 e. The third kappa shape index (κ3) is 8.11. The molecule has 0 saturated heterocycles. The first-order valence-corrected chi connectivity index (χ1v) is 10.2. The molecule has 0 heterocycles. The van der Waals surface area contributed by atoms with Crippen molar-refractivity contribution in [1.82, 2.24) is 8.61 Å². The summed E-state index contributed by atoms with van der Waals surface area (Å²) in [6.45, 7) is 4.26. The molecule has 1 amide bonds. The number of esters is 1. The number of amides is 1. The lowest BCUT2D eigenvalue weighted by atomic mass is 10.2. The van der Waals surface area contributed by atoms with E-state index in [4.69, 9.17) is 9.57 Å². The van der Waals surface area contributed by atoms with Crippen LogP contribution in [0.25, 0.3) is 0 Å². The number of hydrogen-bond acceptors (Lipinski definition) is 8. The third-order valence-corrected chi connectivity index (χ3v) is 4.70. The maximum Gasteiger partial charge on any atom is 0.446 e. The SMILES string of the molecule is CCOC(=O)[C@H](C)N(Cc1ccccc1)SN(C)C(=O)O/N=C\CSC. The van der Waals surface area contributed by atoms with Crippen LogP contribution in [0, 0.1) is 0 Å². The van der Waals surface area contributed by atoms with Gasteiger partial charge in [0.2, 0.25) is 0 Å². The van der Waals surface area contributed by atoms with Gasteiger partial charge in [0, 0.05) is 31.5 Å². The fraction of sp³-hybridized carbons (Fsp3) is 0.471. The van der Waals surface area contributed by atoms with Gasteiger partial charge in [-0.3, -0.25) is 9.63 Å². The first-order chi connectivity index (χ1) is 12.5. The Morgan fingerprint density at radius 3 is 2.62 bits per heavy atom. The molecule has 7 nitrogen and oxygen atoms in total. The second kappa shape index (κ2) is 12.6. The highest BCUT2D eigenvalue weighted by Crippen LogP contribution is 2.23. The van der Waals surface area contributed by atoms with Crippen molar-refractivity contribution in [2.24, 2.45) is 5.16 Å². The number of hydrogen-bond donors (Lipinski definition) is 0. The van der Waals surface area contributed by atoms with Crippen molar-refractivity contribution in [3.63, 3.8) is 0 Å². The van der Waals surface area contributed by atoms with Gasteiger partial charge in [0.15, 0.2) is 0 Å². The topological polar surface area (TPSA) is 71.4 Å². The van der Waals surface area contributed by atoms with E-state index < -0.39 is 12.1 Å². The van der Waals surface area contributed by atoms with Crippen LogP contribution in [0.5, 0.6) is 0 Å². The second-order valence-electron chi connectivity index (χ2n) is 5.17. The third-order valence-electron chi connectivity index (χ3n) is 3.17. The molecular formula is C17H25N3O4S2. The smallest absolute Gasteiger partial charge is 0.446 e. The van der Waals surface area contributed by atoms with Crippen molar-refractivity contribution >= 4 is 42.2 Å². The van der Waals surface area contributed by atoms with Gasteiger partial charge in [0.25, 0.3) is 0 Å². The Morgan fingerprint density at radius 2 is 2.00 bits per heavy atom. The van der Waals surface area contributed by atoms with E-state index in [-0.39, 0.29) is 5.97 Å². The van der Waals surface area contributed by atoms with E-state index in [0.29, 0.717) is 18.9 Å². The molecule has 144 valence electrons. The van der Waals surface area contributed by atoms with Crippen LogP contribution in [-0.4, -0.2) is 58.6 Å². The zero-order valence-corrected chi connectivity index (χ0v) is 17.1. The van der Waals surface area contributed by atoms with Gasteiger partial charge in [-0.2, -0.15) is 11.8 Å². The number of oxime groups is 1. The van der Waals surface area contributed by atoms with Gasteiger partial charge in [0.1, 0.15) is 6.04 Å². The zero-order valence-electron chi connectivity index (χ0n) is 15.5. The molecule has 0 spiro atoms. The molecule has 1 rings (SSSR count). The zero-order chi connectivity index (χ0) is 19.4. The highest BCUT2D eigenvalue weighted by atomic mass is 32.2. The molecule has 1 aromatic rings. The predicted octanol–water partition coefficient (Wildman–Crippen LogP) is 3.42. The second-order valence-corrected chi connectivity index (χ2v) is 7.26. The Hall–Kier alpha value is -1.71. The Bertz CT molecular complexity index is 587. The number of benzene rings is 1. The van der Waals surface area contributed by atoms with E-state index >= 15 is 0 Å². The summed E-state index contributed by atoms with van der Waals surface area (Å²) in [6.07, 6.45) is 2.82. The van der Waals surface area contributed by atoms with Gasteiger partial charge in [-0.25, -0.2) is 13.4 Å². The molecule has 0 fully saturated rings. The Labute approximate surface area is 163 Å². The lowest BCUT2D eigenvalue weighted by molar-refractivity contribution is -0.147. The minimum Gasteiger partial charge on any atom is -0.465 e. The molecule has 0 aromatic heterocycles. The summed E-state index contributed by atoms with van der Waals surface area (Å²) in [5.41, 5.74) is 1.01. The van der Waals surface area contributed by atoms with E-state index in [1.807, 2.05) is 36.6 Å². The van der Waals surface area contributed by atoms with Crippen LogP contribution in [0.4, 0.5) is 4.79 Å². The van der Waals surface area contributed by atoms with Crippen molar-refractivity contribution in [2.45, 2.75) is 26.4 Å². The number of nitrogens with zero attached hydrogens (tertiary/aromatic N) is 3. The van der Waals surface area contributed by atoms with Gasteiger partial charge in [0.05, 0.1) is 12.8 Å². The van der Waals surface area contributed by atoms with E-state index in [1.165, 1.54) is 10.5 Å². The van der Waals surface area contributed by atoms with Crippen LogP contribution < -0.4 is 0 Å². The normalized spacial score (nSPS) is 12.2. The molecule has 0 aliphatic rings. The molecule has 0 saturated carbocycles. The summed E-state index contributed by atoms with van der Waals surface area (Å²) in [7, 11) is 1.56. The number of carbonyl (C=O) groups is 2. The summed E-state index contributed by atoms with van der Waals surface area (Å²) in [5.74, 6) is 0.306. The van der Waals surface area contributed by atoms with Crippen LogP contribution in [0.15, 0.2) is 35.5 Å². The minimum absolute atomic E-state index is 0.301. The van der Waals surface area contributed by atoms with E-state index in [1.54, 1.807) is 37.0 Å². The summed E-state index contributed by atoms with van der Waals surface area (Å²) in [5, 5.41) is 3.62. The van der Waals surface area contributed by atoms with Crippen LogP contribution in [0.2, 0.25) is 0 Å². The molecule has 26 heavy (non-hydrogen) atoms. The lowest BCUT2D eigenvalue weighted by Gasteiger charge is -2.28. The summed E-state index contributed by atoms with van der Waals surface area (Å²) < 4.78 is 8.15. The minimum atomic E-state index is -0.624. The van der Waals surface area contributed by atoms with Crippen molar-refractivity contribution in [1.29, 1.82) is 0 Å². The number of ether oxygens (including phenoxy) is 1. The molecule has 0 radical (unpaired) electrons. The molecule has 0 aliphatic carbocycles. The average molecular weight is 400 g/mol. The van der Waals surface area contributed by atoms with Crippen molar-refractivity contribution < 1.29 is 19.2 Å². The van der Waals surface area contributed by atoms with Gasteiger partial charge in [-0.15, -0.1) is 0 Å². The van der Waals surface area contributed by atoms with Crippen LogP contribution in [0.1, 0.15) is 19.4 Å². The quantitative estimate of drug-likeness (QED) is 0.196. The summed E-state index contributed by atoms with van der Waals surface area (Å²) >= 11 is 2.65. The predicted molar refractivity (Wildman–Crippen MR) is 107 cm³/mol. The van der Waals surface area contributed by atoms with E-state index in [0.717, 1.165) is 17.7 Å². The fourth-order valence-electron chi connectivity index (χ4n) is 1.82. The summed E-state index contributed by atoms with van der Waals surface area (Å²) in [4.78, 5) is 29.0. The van der Waals surface area contributed by atoms with E-state index in [2.05, 4.69) is 5.16 Å². The monoisotopic (exact) mass is 399 g/mol. The van der Waals surface area contributed by atoms with Gasteiger partial charge in [-0.1, -0.05) is 35.5 Å². The molecule has 0 unspecified atom stereocenters. The van der Waals surface area contributed by atoms with Crippen molar-refractivity contribution in [3.05, 3.63) is 35.9 Å². The molecule has 9 heteroatoms. The molecule has 1 aromatic carbocycles. The van der Waals surface area contributed by atoms with Crippen molar-refractivity contribution in [3.8, 4) is 0 Å². The highest BCUT2D eigenvalue weighted by Gasteiger charge is 2.27. The van der Waals surface area contributed by atoms with Crippen LogP contribution in [-0.2, 0) is 20.9 Å². The first kappa shape index (κ1) is 22.3. The maximum atomic E-state index is 12.1. The van der Waals surface area contributed by atoms with Gasteiger partial charge in [-0.05, 0) is 25.7 Å². The lowest BCUT2D eigenvalue weighted by Crippen LogP contribution is -2.38. The Kier molecular flexibility index (Phi) is 10.8. The molecular weight excluding hydrogens is 374 g/mol. The Balaban J connectivity index is 2.77. The standard InChI is InChI=1S/C17H25N3O4S2/c1-5-23-16(21)14(2)20(13-15-9-7-6-8-10-15)26-19(3)17(22)24-18-11-12-25-4/h6-11,14H,5,12-13H2,1-4H3/b18-11-/t14-/m0/s1. The highest BCUT2D eigenvalue weighted by molar-refractivity contribution is 7.99. The Morgan fingerprint density at radius 1 is 1.31 bits per heavy atom. The maximum absolute atomic E-state index is 12.1. The van der Waals surface area contributed by atoms with Gasteiger partial charge < -0.3 is 4.74 Å². The fourth-order valence-corrected chi connectivity index (χ4v) is 2.87. The molecule has 1 atom stereocenters. The van der Waals surface area contributed by atoms with Gasteiger partial charge >= 0.3 is 12.1 Å².